The average molecular weight is 365 g/mol. The standard InChI is InChI=1S/C19H19N5O3/c20-19-23-22-17(27-19)13-7-10-24(11-8-13)18(25)14-3-5-15(6-4-14)26-16-2-1-9-21-12-16/h1-6,9,12-13H,7-8,10-11H2,(H2,20,23). The van der Waals surface area contributed by atoms with Crippen LogP contribution in [0.25, 0.3) is 0 Å². The SMILES string of the molecule is Nc1nnc(C2CCN(C(=O)c3ccc(Oc4cccnc4)cc3)CC2)o1. The maximum Gasteiger partial charge on any atom is 0.312 e. The molecule has 0 aliphatic carbocycles. The third-order valence-corrected chi connectivity index (χ3v) is 4.56. The first-order valence-electron chi connectivity index (χ1n) is 8.75. The lowest BCUT2D eigenvalue weighted by atomic mass is 9.96. The van der Waals surface area contributed by atoms with E-state index >= 15 is 0 Å². The number of nitrogens with zero attached hydrogens (tertiary/aromatic N) is 4. The van der Waals surface area contributed by atoms with Crippen LogP contribution < -0.4 is 10.5 Å². The molecule has 0 saturated carbocycles. The molecule has 27 heavy (non-hydrogen) atoms. The summed E-state index contributed by atoms with van der Waals surface area (Å²) in [6.07, 6.45) is 4.87. The van der Waals surface area contributed by atoms with Gasteiger partial charge in [0, 0.05) is 30.8 Å². The smallest absolute Gasteiger partial charge is 0.312 e. The Hall–Kier alpha value is -3.42. The van der Waals surface area contributed by atoms with E-state index in [9.17, 15) is 4.79 Å². The van der Waals surface area contributed by atoms with Gasteiger partial charge in [-0.1, -0.05) is 5.10 Å². The second kappa shape index (κ2) is 7.45. The fourth-order valence-corrected chi connectivity index (χ4v) is 3.13. The number of amides is 1. The highest BCUT2D eigenvalue weighted by atomic mass is 16.5. The number of hydrogen-bond acceptors (Lipinski definition) is 7. The summed E-state index contributed by atoms with van der Waals surface area (Å²) in [7, 11) is 0. The van der Waals surface area contributed by atoms with Crippen LogP contribution in [0.5, 0.6) is 11.5 Å². The van der Waals surface area contributed by atoms with Crippen LogP contribution in [0.1, 0.15) is 35.0 Å². The Morgan fingerprint density at radius 1 is 1.11 bits per heavy atom. The number of piperidine rings is 1. The van der Waals surface area contributed by atoms with Crippen molar-refractivity contribution in [1.82, 2.24) is 20.1 Å². The van der Waals surface area contributed by atoms with Crippen LogP contribution in [0, 0.1) is 0 Å². The van der Waals surface area contributed by atoms with Gasteiger partial charge >= 0.3 is 6.01 Å². The van der Waals surface area contributed by atoms with E-state index in [0.29, 0.717) is 36.0 Å². The fraction of sp³-hybridized carbons (Fsp3) is 0.263. The topological polar surface area (TPSA) is 107 Å². The van der Waals surface area contributed by atoms with Crippen LogP contribution >= 0.6 is 0 Å². The van der Waals surface area contributed by atoms with Gasteiger partial charge in [0.1, 0.15) is 11.5 Å². The second-order valence-electron chi connectivity index (χ2n) is 6.36. The van der Waals surface area contributed by atoms with Crippen molar-refractivity contribution >= 4 is 11.9 Å². The number of carbonyl (C=O) groups is 1. The molecule has 1 aromatic carbocycles. The summed E-state index contributed by atoms with van der Waals surface area (Å²) in [6.45, 7) is 1.28. The average Bonchev–Trinajstić information content (AvgIpc) is 3.15. The Kier molecular flexibility index (Phi) is 4.69. The lowest BCUT2D eigenvalue weighted by molar-refractivity contribution is 0.0706. The monoisotopic (exact) mass is 365 g/mol. The molecule has 0 atom stereocenters. The maximum atomic E-state index is 12.7. The van der Waals surface area contributed by atoms with Crippen molar-refractivity contribution in [2.24, 2.45) is 0 Å². The number of carbonyl (C=O) groups excluding carboxylic acids is 1. The van der Waals surface area contributed by atoms with Gasteiger partial charge in [0.15, 0.2) is 0 Å². The Balaban J connectivity index is 1.36. The summed E-state index contributed by atoms with van der Waals surface area (Å²) in [5, 5.41) is 7.64. The summed E-state index contributed by atoms with van der Waals surface area (Å²) >= 11 is 0. The van der Waals surface area contributed by atoms with Crippen LogP contribution in [-0.2, 0) is 0 Å². The van der Waals surface area contributed by atoms with Crippen molar-refractivity contribution in [3.63, 3.8) is 0 Å². The maximum absolute atomic E-state index is 12.7. The van der Waals surface area contributed by atoms with Crippen molar-refractivity contribution in [3.05, 3.63) is 60.2 Å². The number of nitrogens with two attached hydrogens (primary N) is 1. The molecule has 8 heteroatoms. The van der Waals surface area contributed by atoms with Crippen molar-refractivity contribution in [2.75, 3.05) is 18.8 Å². The molecular weight excluding hydrogens is 346 g/mol. The van der Waals surface area contributed by atoms with Gasteiger partial charge in [-0.25, -0.2) is 0 Å². The third-order valence-electron chi connectivity index (χ3n) is 4.56. The van der Waals surface area contributed by atoms with E-state index in [2.05, 4.69) is 15.2 Å². The number of rotatable bonds is 4. The minimum Gasteiger partial charge on any atom is -0.456 e. The van der Waals surface area contributed by atoms with Gasteiger partial charge in [0.25, 0.3) is 5.91 Å². The molecule has 1 aliphatic rings. The third kappa shape index (κ3) is 3.89. The van der Waals surface area contributed by atoms with Crippen molar-refractivity contribution in [3.8, 4) is 11.5 Å². The van der Waals surface area contributed by atoms with Crippen LogP contribution in [-0.4, -0.2) is 39.1 Å². The minimum atomic E-state index is 0.00595. The van der Waals surface area contributed by atoms with Gasteiger partial charge in [0.05, 0.1) is 6.20 Å². The number of benzene rings is 1. The molecule has 1 aliphatic heterocycles. The molecule has 3 aromatic rings. The van der Waals surface area contributed by atoms with Gasteiger partial charge in [-0.2, -0.15) is 0 Å². The molecule has 0 spiro atoms. The number of ether oxygens (including phenoxy) is 1. The van der Waals surface area contributed by atoms with E-state index in [1.54, 1.807) is 42.7 Å². The number of nitrogen functional groups attached to an aromatic ring is 1. The summed E-state index contributed by atoms with van der Waals surface area (Å²) in [5.41, 5.74) is 6.11. The number of anilines is 1. The quantitative estimate of drug-likeness (QED) is 0.757. The Morgan fingerprint density at radius 3 is 2.52 bits per heavy atom. The van der Waals surface area contributed by atoms with Crippen LogP contribution in [0.3, 0.4) is 0 Å². The minimum absolute atomic E-state index is 0.00595. The lowest BCUT2D eigenvalue weighted by Crippen LogP contribution is -2.38. The highest BCUT2D eigenvalue weighted by Gasteiger charge is 2.27. The van der Waals surface area contributed by atoms with Crippen LogP contribution in [0.2, 0.25) is 0 Å². The second-order valence-corrected chi connectivity index (χ2v) is 6.36. The van der Waals surface area contributed by atoms with Crippen molar-refractivity contribution in [1.29, 1.82) is 0 Å². The normalized spacial score (nSPS) is 14.9. The molecule has 138 valence electrons. The number of hydrogen-bond donors (Lipinski definition) is 1. The van der Waals surface area contributed by atoms with Gasteiger partial charge in [-0.3, -0.25) is 9.78 Å². The molecule has 2 N–H and O–H groups in total. The molecule has 1 amide bonds. The molecule has 8 nitrogen and oxygen atoms in total. The van der Waals surface area contributed by atoms with E-state index in [-0.39, 0.29) is 17.8 Å². The summed E-state index contributed by atoms with van der Waals surface area (Å²) < 4.78 is 11.0. The largest absolute Gasteiger partial charge is 0.456 e. The number of pyridine rings is 1. The van der Waals surface area contributed by atoms with E-state index < -0.39 is 0 Å². The molecule has 0 radical (unpaired) electrons. The zero-order chi connectivity index (χ0) is 18.6. The van der Waals surface area contributed by atoms with Gasteiger partial charge < -0.3 is 19.8 Å². The number of likely N-dealkylation sites (tertiary alicyclic amines) is 1. The Labute approximate surface area is 156 Å². The number of aromatic nitrogens is 3. The molecule has 4 rings (SSSR count). The molecule has 1 saturated heterocycles. The predicted molar refractivity (Wildman–Crippen MR) is 97.3 cm³/mol. The molecular formula is C19H19N5O3. The fourth-order valence-electron chi connectivity index (χ4n) is 3.13. The van der Waals surface area contributed by atoms with E-state index in [1.807, 2.05) is 11.0 Å². The van der Waals surface area contributed by atoms with Crippen LogP contribution in [0.15, 0.2) is 53.2 Å². The first-order valence-corrected chi connectivity index (χ1v) is 8.75. The van der Waals surface area contributed by atoms with E-state index in [1.165, 1.54) is 0 Å². The van der Waals surface area contributed by atoms with E-state index in [4.69, 9.17) is 14.9 Å². The highest BCUT2D eigenvalue weighted by Crippen LogP contribution is 2.28. The highest BCUT2D eigenvalue weighted by molar-refractivity contribution is 5.94. The first kappa shape index (κ1) is 17.0. The molecule has 0 bridgehead atoms. The van der Waals surface area contributed by atoms with Gasteiger partial charge in [-0.05, 0) is 49.2 Å². The van der Waals surface area contributed by atoms with E-state index in [0.717, 1.165) is 12.8 Å². The summed E-state index contributed by atoms with van der Waals surface area (Å²) in [5.74, 6) is 2.02. The lowest BCUT2D eigenvalue weighted by Gasteiger charge is -2.30. The molecule has 3 heterocycles. The van der Waals surface area contributed by atoms with Crippen molar-refractivity contribution in [2.45, 2.75) is 18.8 Å². The first-order chi connectivity index (χ1) is 13.2. The zero-order valence-corrected chi connectivity index (χ0v) is 14.6. The Bertz CT molecular complexity index is 903. The predicted octanol–water partition coefficient (Wildman–Crippen LogP) is 2.86. The summed E-state index contributed by atoms with van der Waals surface area (Å²) in [6, 6.07) is 10.8. The van der Waals surface area contributed by atoms with Crippen molar-refractivity contribution < 1.29 is 13.9 Å². The van der Waals surface area contributed by atoms with Crippen LogP contribution in [0.4, 0.5) is 6.01 Å². The Morgan fingerprint density at radius 2 is 1.89 bits per heavy atom. The van der Waals surface area contributed by atoms with Gasteiger partial charge in [0.2, 0.25) is 5.89 Å². The van der Waals surface area contributed by atoms with Gasteiger partial charge in [-0.15, -0.1) is 5.10 Å². The molecule has 2 aromatic heterocycles. The zero-order valence-electron chi connectivity index (χ0n) is 14.6. The molecule has 0 unspecified atom stereocenters. The summed E-state index contributed by atoms with van der Waals surface area (Å²) in [4.78, 5) is 18.6. The molecule has 1 fully saturated rings.